The number of piperidine rings is 1. The number of halogens is 1. The van der Waals surface area contributed by atoms with E-state index in [0.29, 0.717) is 16.7 Å². The summed E-state index contributed by atoms with van der Waals surface area (Å²) < 4.78 is 5.16. The third kappa shape index (κ3) is 2.35. The van der Waals surface area contributed by atoms with Crippen LogP contribution in [0.2, 0.25) is 5.02 Å². The molecule has 0 aromatic heterocycles. The van der Waals surface area contributed by atoms with Crippen molar-refractivity contribution in [1.29, 1.82) is 0 Å². The Morgan fingerprint density at radius 3 is 2.65 bits per heavy atom. The molecule has 2 rings (SSSR count). The van der Waals surface area contributed by atoms with Crippen molar-refractivity contribution in [2.24, 2.45) is 0 Å². The van der Waals surface area contributed by atoms with E-state index in [1.165, 1.54) is 7.11 Å². The Morgan fingerprint density at radius 1 is 1.41 bits per heavy atom. The van der Waals surface area contributed by atoms with Crippen LogP contribution in [0.15, 0.2) is 6.07 Å². The maximum Gasteiger partial charge on any atom is 0.179 e. The molecule has 0 saturated carbocycles. The van der Waals surface area contributed by atoms with Gasteiger partial charge >= 0.3 is 0 Å². The second kappa shape index (κ2) is 5.15. The molecule has 0 atom stereocenters. The number of ether oxygens (including phenoxy) is 1. The second-order valence-electron chi connectivity index (χ2n) is 4.50. The first-order chi connectivity index (χ1) is 8.15. The van der Waals surface area contributed by atoms with Crippen LogP contribution in [-0.2, 0) is 0 Å². The van der Waals surface area contributed by atoms with Gasteiger partial charge in [-0.1, -0.05) is 11.6 Å². The lowest BCUT2D eigenvalue weighted by Crippen LogP contribution is -2.27. The maximum atomic E-state index is 9.77. The second-order valence-corrected chi connectivity index (χ2v) is 4.88. The number of hydrogen-bond acceptors (Lipinski definition) is 3. The monoisotopic (exact) mass is 255 g/mol. The van der Waals surface area contributed by atoms with Gasteiger partial charge in [0.15, 0.2) is 11.5 Å². The lowest BCUT2D eigenvalue weighted by atomic mass is 9.87. The van der Waals surface area contributed by atoms with Crippen LogP contribution in [0, 0.1) is 6.92 Å². The van der Waals surface area contributed by atoms with Crippen molar-refractivity contribution in [2.45, 2.75) is 25.7 Å². The molecule has 0 radical (unpaired) electrons. The summed E-state index contributed by atoms with van der Waals surface area (Å²) in [6, 6.07) is 1.74. The highest BCUT2D eigenvalue weighted by atomic mass is 35.5. The molecule has 0 spiro atoms. The fourth-order valence-electron chi connectivity index (χ4n) is 2.56. The largest absolute Gasteiger partial charge is 0.504 e. The number of aromatic hydroxyl groups is 1. The number of benzene rings is 1. The predicted molar refractivity (Wildman–Crippen MR) is 69.3 cm³/mol. The van der Waals surface area contributed by atoms with Crippen LogP contribution in [-0.4, -0.2) is 25.3 Å². The van der Waals surface area contributed by atoms with Crippen molar-refractivity contribution in [1.82, 2.24) is 5.32 Å². The quantitative estimate of drug-likeness (QED) is 0.854. The zero-order chi connectivity index (χ0) is 12.4. The minimum absolute atomic E-state index is 0.118. The molecule has 3 nitrogen and oxygen atoms in total. The van der Waals surface area contributed by atoms with Crippen molar-refractivity contribution in [2.75, 3.05) is 20.2 Å². The van der Waals surface area contributed by atoms with E-state index in [1.54, 1.807) is 6.07 Å². The average molecular weight is 256 g/mol. The molecule has 1 aromatic rings. The van der Waals surface area contributed by atoms with Crippen molar-refractivity contribution in [3.8, 4) is 11.5 Å². The molecule has 1 heterocycles. The van der Waals surface area contributed by atoms with Gasteiger partial charge in [-0.25, -0.2) is 0 Å². The first kappa shape index (κ1) is 12.5. The molecule has 17 heavy (non-hydrogen) atoms. The fraction of sp³-hybridized carbons (Fsp3) is 0.538. The Hall–Kier alpha value is -0.930. The Bertz CT molecular complexity index is 414. The lowest BCUT2D eigenvalue weighted by molar-refractivity contribution is 0.371. The molecule has 2 N–H and O–H groups in total. The number of hydrogen-bond donors (Lipinski definition) is 2. The maximum absolute atomic E-state index is 9.77. The smallest absolute Gasteiger partial charge is 0.179 e. The van der Waals surface area contributed by atoms with Gasteiger partial charge in [0, 0.05) is 0 Å². The van der Waals surface area contributed by atoms with E-state index in [-0.39, 0.29) is 5.75 Å². The van der Waals surface area contributed by atoms with E-state index >= 15 is 0 Å². The molecule has 0 unspecified atom stereocenters. The van der Waals surface area contributed by atoms with Gasteiger partial charge in [-0.15, -0.1) is 0 Å². The third-order valence-corrected chi connectivity index (χ3v) is 3.77. The van der Waals surface area contributed by atoms with Gasteiger partial charge in [0.1, 0.15) is 0 Å². The van der Waals surface area contributed by atoms with Gasteiger partial charge in [0.05, 0.1) is 12.1 Å². The molecular weight excluding hydrogens is 238 g/mol. The van der Waals surface area contributed by atoms with Crippen LogP contribution >= 0.6 is 11.6 Å². The van der Waals surface area contributed by atoms with Crippen molar-refractivity contribution in [3.05, 3.63) is 22.2 Å². The molecule has 1 fully saturated rings. The zero-order valence-electron chi connectivity index (χ0n) is 10.2. The van der Waals surface area contributed by atoms with Gasteiger partial charge in [0.2, 0.25) is 0 Å². The molecule has 0 aliphatic carbocycles. The SMILES string of the molecule is COc1c(O)cc(C)c(C2CCNCC2)c1Cl. The van der Waals surface area contributed by atoms with Crippen LogP contribution in [0.3, 0.4) is 0 Å². The molecular formula is C13H18ClNO2. The Balaban J connectivity index is 2.44. The number of phenolic OH excluding ortho intramolecular Hbond substituents is 1. The van der Waals surface area contributed by atoms with Crippen LogP contribution in [0.25, 0.3) is 0 Å². The van der Waals surface area contributed by atoms with E-state index < -0.39 is 0 Å². The van der Waals surface area contributed by atoms with Crippen molar-refractivity contribution >= 4 is 11.6 Å². The molecule has 94 valence electrons. The minimum atomic E-state index is 0.118. The van der Waals surface area contributed by atoms with E-state index in [0.717, 1.165) is 37.1 Å². The van der Waals surface area contributed by atoms with Gasteiger partial charge in [-0.3, -0.25) is 0 Å². The van der Waals surface area contributed by atoms with E-state index in [2.05, 4.69) is 5.32 Å². The van der Waals surface area contributed by atoms with Crippen LogP contribution < -0.4 is 10.1 Å². The summed E-state index contributed by atoms with van der Waals surface area (Å²) in [4.78, 5) is 0. The standard InChI is InChI=1S/C13H18ClNO2/c1-8-7-10(16)13(17-2)12(14)11(8)9-3-5-15-6-4-9/h7,9,15-16H,3-6H2,1-2H3. The Labute approximate surface area is 107 Å². The number of rotatable bonds is 2. The Morgan fingerprint density at radius 2 is 2.06 bits per heavy atom. The summed E-state index contributed by atoms with van der Waals surface area (Å²) in [5, 5.41) is 13.7. The molecule has 1 aromatic carbocycles. The normalized spacial score (nSPS) is 17.1. The van der Waals surface area contributed by atoms with Crippen molar-refractivity contribution in [3.63, 3.8) is 0 Å². The minimum Gasteiger partial charge on any atom is -0.504 e. The number of aryl methyl sites for hydroxylation is 1. The van der Waals surface area contributed by atoms with Gasteiger partial charge < -0.3 is 15.2 Å². The number of methoxy groups -OCH3 is 1. The molecule has 0 amide bonds. The lowest BCUT2D eigenvalue weighted by Gasteiger charge is -2.26. The highest BCUT2D eigenvalue weighted by molar-refractivity contribution is 6.33. The van der Waals surface area contributed by atoms with E-state index in [4.69, 9.17) is 16.3 Å². The fourth-order valence-corrected chi connectivity index (χ4v) is 3.04. The molecule has 1 saturated heterocycles. The summed E-state index contributed by atoms with van der Waals surface area (Å²) in [7, 11) is 1.53. The highest BCUT2D eigenvalue weighted by Crippen LogP contribution is 2.43. The summed E-state index contributed by atoms with van der Waals surface area (Å²) in [5.74, 6) is 0.969. The van der Waals surface area contributed by atoms with E-state index in [1.807, 2.05) is 6.92 Å². The summed E-state index contributed by atoms with van der Waals surface area (Å²) in [6.07, 6.45) is 2.16. The van der Waals surface area contributed by atoms with Crippen molar-refractivity contribution < 1.29 is 9.84 Å². The molecule has 1 aliphatic rings. The predicted octanol–water partition coefficient (Wildman–Crippen LogP) is 2.83. The number of phenols is 1. The molecule has 1 aliphatic heterocycles. The van der Waals surface area contributed by atoms with Gasteiger partial charge in [0.25, 0.3) is 0 Å². The highest BCUT2D eigenvalue weighted by Gasteiger charge is 2.23. The Kier molecular flexibility index (Phi) is 3.79. The van der Waals surface area contributed by atoms with E-state index in [9.17, 15) is 5.11 Å². The summed E-state index contributed by atoms with van der Waals surface area (Å²) >= 11 is 6.35. The summed E-state index contributed by atoms with van der Waals surface area (Å²) in [6.45, 7) is 4.02. The zero-order valence-corrected chi connectivity index (χ0v) is 11.0. The van der Waals surface area contributed by atoms with Gasteiger partial charge in [-0.05, 0) is 56.0 Å². The van der Waals surface area contributed by atoms with Crippen LogP contribution in [0.4, 0.5) is 0 Å². The average Bonchev–Trinajstić information content (AvgIpc) is 2.30. The summed E-state index contributed by atoms with van der Waals surface area (Å²) in [5.41, 5.74) is 2.17. The van der Waals surface area contributed by atoms with Crippen LogP contribution in [0.5, 0.6) is 11.5 Å². The number of nitrogens with one attached hydrogen (secondary N) is 1. The molecule has 4 heteroatoms. The topological polar surface area (TPSA) is 41.5 Å². The third-order valence-electron chi connectivity index (χ3n) is 3.40. The van der Waals surface area contributed by atoms with Crippen LogP contribution in [0.1, 0.15) is 29.9 Å². The first-order valence-electron chi connectivity index (χ1n) is 5.91. The first-order valence-corrected chi connectivity index (χ1v) is 6.29. The van der Waals surface area contributed by atoms with Gasteiger partial charge in [-0.2, -0.15) is 0 Å². The molecule has 0 bridgehead atoms.